The summed E-state index contributed by atoms with van der Waals surface area (Å²) >= 11 is 0. The van der Waals surface area contributed by atoms with Gasteiger partial charge >= 0.3 is 0 Å². The van der Waals surface area contributed by atoms with Gasteiger partial charge in [0.2, 0.25) is 5.91 Å². The number of hydroxylamine groups is 1. The normalized spacial score (nSPS) is 22.4. The summed E-state index contributed by atoms with van der Waals surface area (Å²) in [7, 11) is 1.46. The highest BCUT2D eigenvalue weighted by atomic mass is 16.7. The second-order valence-electron chi connectivity index (χ2n) is 7.90. The third-order valence-corrected chi connectivity index (χ3v) is 5.99. The molecule has 0 aliphatic carbocycles. The van der Waals surface area contributed by atoms with Crippen LogP contribution in [0.2, 0.25) is 0 Å². The Morgan fingerprint density at radius 3 is 2.28 bits per heavy atom. The first-order chi connectivity index (χ1) is 15.5. The van der Waals surface area contributed by atoms with Crippen LogP contribution in [-0.2, 0) is 14.4 Å². The van der Waals surface area contributed by atoms with Gasteiger partial charge in [-0.15, -0.1) is 0 Å². The zero-order valence-corrected chi connectivity index (χ0v) is 17.6. The lowest BCUT2D eigenvalue weighted by atomic mass is 9.90. The summed E-state index contributed by atoms with van der Waals surface area (Å²) < 4.78 is 5.28. The molecule has 0 radical (unpaired) electrons. The molecule has 5 rings (SSSR count). The van der Waals surface area contributed by atoms with Gasteiger partial charge in [-0.3, -0.25) is 14.4 Å². The van der Waals surface area contributed by atoms with Crippen molar-refractivity contribution < 1.29 is 24.3 Å². The standard InChI is InChI=1S/C25H22N2O5/c1-15-11-13-16(14-12-15)26-24(29)20-21(18-9-6-10-19(31-2)22(18)28)27(32-23(20)25(26)30)17-7-4-3-5-8-17/h3-14,20-21,23,28H,1-2H3/t20-,21-,23-/m0/s1. The van der Waals surface area contributed by atoms with Crippen molar-refractivity contribution in [2.75, 3.05) is 17.1 Å². The number of ether oxygens (including phenoxy) is 1. The van der Waals surface area contributed by atoms with Gasteiger partial charge in [-0.05, 0) is 37.3 Å². The van der Waals surface area contributed by atoms with E-state index in [-0.39, 0.29) is 17.4 Å². The van der Waals surface area contributed by atoms with Gasteiger partial charge in [0.25, 0.3) is 5.91 Å². The summed E-state index contributed by atoms with van der Waals surface area (Å²) in [6.07, 6.45) is -1.00. The fourth-order valence-electron chi connectivity index (χ4n) is 4.42. The van der Waals surface area contributed by atoms with Gasteiger partial charge in [0.15, 0.2) is 17.6 Å². The predicted molar refractivity (Wildman–Crippen MR) is 118 cm³/mol. The highest BCUT2D eigenvalue weighted by Gasteiger charge is 2.60. The van der Waals surface area contributed by atoms with Crippen molar-refractivity contribution in [2.45, 2.75) is 19.1 Å². The summed E-state index contributed by atoms with van der Waals surface area (Å²) in [5, 5.41) is 12.4. The van der Waals surface area contributed by atoms with Gasteiger partial charge in [-0.2, -0.15) is 0 Å². The van der Waals surface area contributed by atoms with E-state index in [2.05, 4.69) is 0 Å². The molecule has 1 N–H and O–H groups in total. The summed E-state index contributed by atoms with van der Waals surface area (Å²) in [6.45, 7) is 1.94. The van der Waals surface area contributed by atoms with Crippen LogP contribution in [0.5, 0.6) is 11.5 Å². The predicted octanol–water partition coefficient (Wildman–Crippen LogP) is 3.76. The van der Waals surface area contributed by atoms with Crippen LogP contribution in [0.4, 0.5) is 11.4 Å². The monoisotopic (exact) mass is 430 g/mol. The van der Waals surface area contributed by atoms with Gasteiger partial charge in [0.05, 0.1) is 18.5 Å². The number of aryl methyl sites for hydroxylation is 1. The Morgan fingerprint density at radius 1 is 0.875 bits per heavy atom. The molecular formula is C25H22N2O5. The molecule has 2 fully saturated rings. The number of carbonyl (C=O) groups excluding carboxylic acids is 2. The molecule has 0 saturated carbocycles. The van der Waals surface area contributed by atoms with E-state index in [0.29, 0.717) is 16.9 Å². The molecule has 162 valence electrons. The first-order valence-corrected chi connectivity index (χ1v) is 10.3. The zero-order valence-electron chi connectivity index (χ0n) is 17.6. The van der Waals surface area contributed by atoms with E-state index in [1.807, 2.05) is 49.4 Å². The highest BCUT2D eigenvalue weighted by Crippen LogP contribution is 2.50. The molecule has 2 amide bonds. The number of amides is 2. The molecule has 3 aromatic carbocycles. The Balaban J connectivity index is 1.62. The number of rotatable bonds is 4. The third-order valence-electron chi connectivity index (χ3n) is 5.99. The molecule has 0 aromatic heterocycles. The second-order valence-corrected chi connectivity index (χ2v) is 7.90. The molecule has 0 bridgehead atoms. The fourth-order valence-corrected chi connectivity index (χ4v) is 4.42. The van der Waals surface area contributed by atoms with Crippen LogP contribution in [0.3, 0.4) is 0 Å². The van der Waals surface area contributed by atoms with Crippen LogP contribution in [0.25, 0.3) is 0 Å². The lowest BCUT2D eigenvalue weighted by Gasteiger charge is -2.29. The maximum atomic E-state index is 13.6. The van der Waals surface area contributed by atoms with E-state index in [1.54, 1.807) is 35.4 Å². The molecule has 7 heteroatoms. The lowest BCUT2D eigenvalue weighted by Crippen LogP contribution is -2.37. The molecular weight excluding hydrogens is 408 g/mol. The minimum absolute atomic E-state index is 0.0841. The fraction of sp³-hybridized carbons (Fsp3) is 0.200. The average Bonchev–Trinajstić information content (AvgIpc) is 3.31. The largest absolute Gasteiger partial charge is 0.504 e. The number of methoxy groups -OCH3 is 1. The van der Waals surface area contributed by atoms with E-state index in [9.17, 15) is 14.7 Å². The Bertz CT molecular complexity index is 1180. The summed E-state index contributed by atoms with van der Waals surface area (Å²) in [4.78, 5) is 34.2. The van der Waals surface area contributed by atoms with Crippen LogP contribution in [-0.4, -0.2) is 30.1 Å². The lowest BCUT2D eigenvalue weighted by molar-refractivity contribution is -0.126. The van der Waals surface area contributed by atoms with Crippen LogP contribution < -0.4 is 14.7 Å². The van der Waals surface area contributed by atoms with E-state index >= 15 is 0 Å². The Hall–Kier alpha value is -3.84. The van der Waals surface area contributed by atoms with Crippen molar-refractivity contribution in [3.05, 3.63) is 83.9 Å². The van der Waals surface area contributed by atoms with E-state index in [4.69, 9.17) is 9.57 Å². The number of benzene rings is 3. The summed E-state index contributed by atoms with van der Waals surface area (Å²) in [6, 6.07) is 20.8. The molecule has 3 atom stereocenters. The van der Waals surface area contributed by atoms with Gasteiger partial charge < -0.3 is 9.84 Å². The van der Waals surface area contributed by atoms with Crippen molar-refractivity contribution in [3.63, 3.8) is 0 Å². The number of aromatic hydroxyl groups is 1. The summed E-state index contributed by atoms with van der Waals surface area (Å²) in [5.74, 6) is -1.42. The van der Waals surface area contributed by atoms with Crippen molar-refractivity contribution in [2.24, 2.45) is 5.92 Å². The number of imide groups is 1. The van der Waals surface area contributed by atoms with E-state index in [1.165, 1.54) is 12.0 Å². The minimum Gasteiger partial charge on any atom is -0.504 e. The van der Waals surface area contributed by atoms with Gasteiger partial charge in [-0.1, -0.05) is 48.0 Å². The van der Waals surface area contributed by atoms with Crippen LogP contribution in [0.1, 0.15) is 17.2 Å². The smallest absolute Gasteiger partial charge is 0.266 e. The molecule has 2 aliphatic rings. The molecule has 2 heterocycles. The first kappa shape index (κ1) is 20.1. The van der Waals surface area contributed by atoms with Crippen molar-refractivity contribution in [1.82, 2.24) is 0 Å². The molecule has 32 heavy (non-hydrogen) atoms. The van der Waals surface area contributed by atoms with Crippen molar-refractivity contribution >= 4 is 23.2 Å². The maximum Gasteiger partial charge on any atom is 0.266 e. The number of phenols is 1. The minimum atomic E-state index is -1.00. The van der Waals surface area contributed by atoms with Gasteiger partial charge in [-0.25, -0.2) is 9.96 Å². The molecule has 2 saturated heterocycles. The Morgan fingerprint density at radius 2 is 1.59 bits per heavy atom. The average molecular weight is 430 g/mol. The second kappa shape index (κ2) is 7.69. The summed E-state index contributed by atoms with van der Waals surface area (Å²) in [5.41, 5.74) is 2.66. The Labute approximate surface area is 185 Å². The number of carbonyl (C=O) groups is 2. The zero-order chi connectivity index (χ0) is 22.4. The van der Waals surface area contributed by atoms with Crippen molar-refractivity contribution in [1.29, 1.82) is 0 Å². The van der Waals surface area contributed by atoms with Crippen molar-refractivity contribution in [3.8, 4) is 11.5 Å². The molecule has 2 aliphatic heterocycles. The first-order valence-electron chi connectivity index (χ1n) is 10.3. The number of phenolic OH excluding ortho intramolecular Hbond substituents is 1. The van der Waals surface area contributed by atoms with Crippen LogP contribution in [0.15, 0.2) is 72.8 Å². The highest BCUT2D eigenvalue weighted by molar-refractivity contribution is 6.24. The number of fused-ring (bicyclic) bond motifs is 1. The quantitative estimate of drug-likeness (QED) is 0.635. The molecule has 0 unspecified atom stereocenters. The number of hydrogen-bond donors (Lipinski definition) is 1. The number of para-hydroxylation sites is 2. The van der Waals surface area contributed by atoms with E-state index in [0.717, 1.165) is 5.56 Å². The molecule has 0 spiro atoms. The molecule has 3 aromatic rings. The van der Waals surface area contributed by atoms with Crippen LogP contribution >= 0.6 is 0 Å². The number of anilines is 2. The van der Waals surface area contributed by atoms with Crippen LogP contribution in [0, 0.1) is 12.8 Å². The maximum absolute atomic E-state index is 13.6. The van der Waals surface area contributed by atoms with E-state index < -0.39 is 24.0 Å². The SMILES string of the molecule is COc1cccc([C@H]2[C@@H]3C(=O)N(c4ccc(C)cc4)C(=O)[C@H]3ON2c2ccccc2)c1O. The Kier molecular flexibility index (Phi) is 4.83. The van der Waals surface area contributed by atoms with Gasteiger partial charge in [0, 0.05) is 5.56 Å². The topological polar surface area (TPSA) is 79.3 Å². The number of hydrogen-bond acceptors (Lipinski definition) is 6. The number of nitrogens with zero attached hydrogens (tertiary/aromatic N) is 2. The van der Waals surface area contributed by atoms with Gasteiger partial charge in [0.1, 0.15) is 12.0 Å². The molecule has 7 nitrogen and oxygen atoms in total. The third kappa shape index (κ3) is 3.01.